The molecule has 158 valence electrons. The minimum absolute atomic E-state index is 0.325. The van der Waals surface area contributed by atoms with Crippen molar-refractivity contribution in [2.45, 2.75) is 20.3 Å². The predicted molar refractivity (Wildman–Crippen MR) is 122 cm³/mol. The molecule has 4 rings (SSSR count). The Balaban J connectivity index is 1.29. The molecule has 3 aromatic rings. The highest BCUT2D eigenvalue weighted by Gasteiger charge is 2.17. The van der Waals surface area contributed by atoms with E-state index >= 15 is 0 Å². The zero-order valence-corrected chi connectivity index (χ0v) is 18.2. The van der Waals surface area contributed by atoms with Crippen molar-refractivity contribution in [3.63, 3.8) is 0 Å². The monoisotopic (exact) mass is 426 g/mol. The van der Waals surface area contributed by atoms with Gasteiger partial charge in [0, 0.05) is 49.5 Å². The number of anilines is 1. The lowest BCUT2D eigenvalue weighted by Crippen LogP contribution is -2.46. The van der Waals surface area contributed by atoms with Gasteiger partial charge in [0.25, 0.3) is 0 Å². The first-order valence-electron chi connectivity index (χ1n) is 10.4. The number of fused-ring (bicyclic) bond motifs is 1. The molecule has 2 aromatic carbocycles. The Bertz CT molecular complexity index is 1070. The van der Waals surface area contributed by atoms with Gasteiger partial charge in [-0.25, -0.2) is 4.79 Å². The first-order chi connectivity index (χ1) is 14.5. The SMILES string of the molecule is Cc1cc(OCCCN2CCN(c3ccc(Cl)cc3)CC2)c2c(C)cc(=O)oc2c1. The average molecular weight is 427 g/mol. The van der Waals surface area contributed by atoms with E-state index < -0.39 is 0 Å². The van der Waals surface area contributed by atoms with Gasteiger partial charge in [0.1, 0.15) is 11.3 Å². The second-order valence-corrected chi connectivity index (χ2v) is 8.33. The van der Waals surface area contributed by atoms with E-state index in [1.807, 2.05) is 38.1 Å². The number of aryl methyl sites for hydroxylation is 2. The topological polar surface area (TPSA) is 45.9 Å². The highest BCUT2D eigenvalue weighted by Crippen LogP contribution is 2.29. The molecule has 6 heteroatoms. The maximum absolute atomic E-state index is 11.7. The molecule has 0 amide bonds. The third kappa shape index (κ3) is 4.79. The van der Waals surface area contributed by atoms with Gasteiger partial charge < -0.3 is 14.1 Å². The first-order valence-corrected chi connectivity index (χ1v) is 10.8. The van der Waals surface area contributed by atoms with Crippen LogP contribution in [0.2, 0.25) is 5.02 Å². The zero-order valence-electron chi connectivity index (χ0n) is 17.5. The van der Waals surface area contributed by atoms with Crippen molar-refractivity contribution in [2.24, 2.45) is 0 Å². The van der Waals surface area contributed by atoms with Crippen molar-refractivity contribution in [2.75, 3.05) is 44.2 Å². The smallest absolute Gasteiger partial charge is 0.336 e. The van der Waals surface area contributed by atoms with Crippen molar-refractivity contribution >= 4 is 28.3 Å². The standard InChI is InChI=1S/C24H27ClN2O3/c1-17-14-21(24-18(2)16-23(28)30-22(24)15-17)29-13-3-8-26-9-11-27(12-10-26)20-6-4-19(25)5-7-20/h4-7,14-16H,3,8-13H2,1-2H3. The van der Waals surface area contributed by atoms with E-state index in [2.05, 4.69) is 21.9 Å². The van der Waals surface area contributed by atoms with Crippen LogP contribution in [-0.4, -0.2) is 44.2 Å². The fourth-order valence-electron chi connectivity index (χ4n) is 4.04. The summed E-state index contributed by atoms with van der Waals surface area (Å²) >= 11 is 5.99. The minimum Gasteiger partial charge on any atom is -0.493 e. The quantitative estimate of drug-likeness (QED) is 0.424. The van der Waals surface area contributed by atoms with E-state index in [4.69, 9.17) is 20.8 Å². The number of piperazine rings is 1. The molecular weight excluding hydrogens is 400 g/mol. The Kier molecular flexibility index (Phi) is 6.30. The molecule has 1 saturated heterocycles. The average Bonchev–Trinajstić information content (AvgIpc) is 2.71. The summed E-state index contributed by atoms with van der Waals surface area (Å²) in [6.07, 6.45) is 0.951. The third-order valence-corrected chi connectivity index (χ3v) is 5.84. The van der Waals surface area contributed by atoms with Crippen LogP contribution in [-0.2, 0) is 0 Å². The fourth-order valence-corrected chi connectivity index (χ4v) is 4.17. The molecule has 0 saturated carbocycles. The summed E-state index contributed by atoms with van der Waals surface area (Å²) in [5, 5.41) is 1.66. The van der Waals surface area contributed by atoms with Gasteiger partial charge in [0.05, 0.1) is 12.0 Å². The molecule has 0 unspecified atom stereocenters. The van der Waals surface area contributed by atoms with Crippen LogP contribution < -0.4 is 15.3 Å². The van der Waals surface area contributed by atoms with Crippen LogP contribution in [0.4, 0.5) is 5.69 Å². The number of rotatable bonds is 6. The van der Waals surface area contributed by atoms with E-state index in [1.165, 1.54) is 11.8 Å². The summed E-state index contributed by atoms with van der Waals surface area (Å²) < 4.78 is 11.5. The maximum atomic E-state index is 11.7. The van der Waals surface area contributed by atoms with Gasteiger partial charge in [-0.1, -0.05) is 11.6 Å². The van der Waals surface area contributed by atoms with Crippen LogP contribution in [0.3, 0.4) is 0 Å². The zero-order chi connectivity index (χ0) is 21.1. The number of hydrogen-bond acceptors (Lipinski definition) is 5. The second kappa shape index (κ2) is 9.11. The van der Waals surface area contributed by atoms with Crippen molar-refractivity contribution in [3.05, 3.63) is 69.0 Å². The summed E-state index contributed by atoms with van der Waals surface area (Å²) in [5.41, 5.74) is 3.40. The predicted octanol–water partition coefficient (Wildman–Crippen LogP) is 4.65. The molecule has 1 aliphatic heterocycles. The third-order valence-electron chi connectivity index (χ3n) is 5.59. The van der Waals surface area contributed by atoms with E-state index in [0.29, 0.717) is 12.2 Å². The Labute approximate surface area is 181 Å². The molecule has 5 nitrogen and oxygen atoms in total. The lowest BCUT2D eigenvalue weighted by molar-refractivity contribution is 0.225. The van der Waals surface area contributed by atoms with Crippen LogP contribution in [0.15, 0.2) is 51.7 Å². The highest BCUT2D eigenvalue weighted by atomic mass is 35.5. The van der Waals surface area contributed by atoms with Gasteiger partial charge in [-0.15, -0.1) is 0 Å². The maximum Gasteiger partial charge on any atom is 0.336 e. The van der Waals surface area contributed by atoms with E-state index in [9.17, 15) is 4.79 Å². The summed E-state index contributed by atoms with van der Waals surface area (Å²) in [6.45, 7) is 9.66. The van der Waals surface area contributed by atoms with Crippen LogP contribution in [0.25, 0.3) is 11.0 Å². The van der Waals surface area contributed by atoms with E-state index in [-0.39, 0.29) is 5.63 Å². The molecule has 0 atom stereocenters. The van der Waals surface area contributed by atoms with Crippen LogP contribution >= 0.6 is 11.6 Å². The van der Waals surface area contributed by atoms with Gasteiger partial charge in [0.2, 0.25) is 0 Å². The summed E-state index contributed by atoms with van der Waals surface area (Å²) in [4.78, 5) is 16.6. The van der Waals surface area contributed by atoms with Crippen molar-refractivity contribution in [1.82, 2.24) is 4.90 Å². The van der Waals surface area contributed by atoms with Crippen molar-refractivity contribution in [3.8, 4) is 5.75 Å². The van der Waals surface area contributed by atoms with E-state index in [0.717, 1.165) is 66.4 Å². The van der Waals surface area contributed by atoms with Gasteiger partial charge >= 0.3 is 5.63 Å². The Morgan fingerprint density at radius 2 is 1.77 bits per heavy atom. The summed E-state index contributed by atoms with van der Waals surface area (Å²) in [5.74, 6) is 0.791. The number of nitrogens with zero attached hydrogens (tertiary/aromatic N) is 2. The van der Waals surface area contributed by atoms with Gasteiger partial charge in [-0.2, -0.15) is 0 Å². The lowest BCUT2D eigenvalue weighted by Gasteiger charge is -2.36. The molecule has 0 N–H and O–H groups in total. The molecule has 1 aliphatic rings. The molecule has 0 radical (unpaired) electrons. The van der Waals surface area contributed by atoms with Gasteiger partial charge in [0.15, 0.2) is 0 Å². The second-order valence-electron chi connectivity index (χ2n) is 7.89. The van der Waals surface area contributed by atoms with E-state index in [1.54, 1.807) is 0 Å². The number of hydrogen-bond donors (Lipinski definition) is 0. The van der Waals surface area contributed by atoms with Crippen LogP contribution in [0.5, 0.6) is 5.75 Å². The lowest BCUT2D eigenvalue weighted by atomic mass is 10.1. The molecule has 30 heavy (non-hydrogen) atoms. The molecular formula is C24H27ClN2O3. The fraction of sp³-hybridized carbons (Fsp3) is 0.375. The Morgan fingerprint density at radius 1 is 1.03 bits per heavy atom. The number of benzene rings is 2. The highest BCUT2D eigenvalue weighted by molar-refractivity contribution is 6.30. The summed E-state index contributed by atoms with van der Waals surface area (Å²) in [6, 6.07) is 13.5. The van der Waals surface area contributed by atoms with Gasteiger partial charge in [-0.05, 0) is 67.8 Å². The molecule has 2 heterocycles. The molecule has 0 aliphatic carbocycles. The molecule has 1 fully saturated rings. The van der Waals surface area contributed by atoms with Crippen LogP contribution in [0.1, 0.15) is 17.5 Å². The van der Waals surface area contributed by atoms with Crippen molar-refractivity contribution < 1.29 is 9.15 Å². The minimum atomic E-state index is -0.325. The van der Waals surface area contributed by atoms with Crippen molar-refractivity contribution in [1.29, 1.82) is 0 Å². The van der Waals surface area contributed by atoms with Gasteiger partial charge in [-0.3, -0.25) is 4.90 Å². The molecule has 0 spiro atoms. The number of halogens is 1. The normalized spacial score (nSPS) is 15.0. The molecule has 0 bridgehead atoms. The van der Waals surface area contributed by atoms with Crippen LogP contribution in [0, 0.1) is 13.8 Å². The Hall–Kier alpha value is -2.50. The number of ether oxygens (including phenoxy) is 1. The Morgan fingerprint density at radius 3 is 2.50 bits per heavy atom. The first kappa shape index (κ1) is 20.8. The molecule has 1 aromatic heterocycles. The summed E-state index contributed by atoms with van der Waals surface area (Å²) in [7, 11) is 0. The largest absolute Gasteiger partial charge is 0.493 e.